The molecule has 32 heavy (non-hydrogen) atoms. The highest BCUT2D eigenvalue weighted by atomic mass is 79.9. The number of carbonyl (C=O) groups excluding carboxylic acids is 1. The summed E-state index contributed by atoms with van der Waals surface area (Å²) in [5.74, 6) is 0.0918. The summed E-state index contributed by atoms with van der Waals surface area (Å²) in [5, 5.41) is 24.1. The Morgan fingerprint density at radius 3 is 2.25 bits per heavy atom. The molecular weight excluding hydrogens is 474 g/mol. The number of hydrogen-bond acceptors (Lipinski definition) is 6. The van der Waals surface area contributed by atoms with Crippen LogP contribution in [-0.4, -0.2) is 30.9 Å². The van der Waals surface area contributed by atoms with Gasteiger partial charge in [0.25, 0.3) is 5.91 Å². The van der Waals surface area contributed by atoms with Crippen LogP contribution in [0.2, 0.25) is 0 Å². The molecule has 0 aliphatic carbocycles. The van der Waals surface area contributed by atoms with Gasteiger partial charge in [-0.3, -0.25) is 4.79 Å². The molecule has 2 N–H and O–H groups in total. The van der Waals surface area contributed by atoms with E-state index in [1.54, 1.807) is 72.8 Å². The van der Waals surface area contributed by atoms with Gasteiger partial charge >= 0.3 is 0 Å². The zero-order valence-electron chi connectivity index (χ0n) is 17.2. The van der Waals surface area contributed by atoms with E-state index in [0.29, 0.717) is 32.7 Å². The van der Waals surface area contributed by atoms with Crippen molar-refractivity contribution < 1.29 is 19.4 Å². The van der Waals surface area contributed by atoms with E-state index in [1.165, 1.54) is 13.3 Å². The highest BCUT2D eigenvalue weighted by Gasteiger charge is 2.39. The number of halogens is 1. The standard InChI is InChI=1S/C24H20BrN3O4/c1-31-21-14-17(20(25)15-22(21)32-13-12-26)16-27-28-23(29)24(30,18-8-4-2-5-9-18)19-10-6-3-7-11-19/h2-11,14-16,30H,13H2,1H3,(H,28,29)/b27-16-. The van der Waals surface area contributed by atoms with Gasteiger partial charge in [-0.2, -0.15) is 10.4 Å². The topological polar surface area (TPSA) is 104 Å². The van der Waals surface area contributed by atoms with Crippen LogP contribution >= 0.6 is 15.9 Å². The molecule has 0 fully saturated rings. The van der Waals surface area contributed by atoms with Crippen LogP contribution in [0.4, 0.5) is 0 Å². The van der Waals surface area contributed by atoms with Gasteiger partial charge in [0.15, 0.2) is 23.7 Å². The Morgan fingerprint density at radius 2 is 1.72 bits per heavy atom. The summed E-state index contributed by atoms with van der Waals surface area (Å²) in [6.45, 7) is -0.121. The van der Waals surface area contributed by atoms with E-state index in [-0.39, 0.29) is 6.61 Å². The van der Waals surface area contributed by atoms with Crippen LogP contribution in [0.5, 0.6) is 11.5 Å². The van der Waals surface area contributed by atoms with Crippen molar-refractivity contribution in [2.24, 2.45) is 5.10 Å². The summed E-state index contributed by atoms with van der Waals surface area (Å²) in [6, 6.07) is 22.5. The zero-order chi connectivity index (χ0) is 23.0. The number of hydrazone groups is 1. The molecule has 7 nitrogen and oxygen atoms in total. The van der Waals surface area contributed by atoms with Crippen LogP contribution in [0.15, 0.2) is 82.4 Å². The second-order valence-electron chi connectivity index (χ2n) is 6.61. The molecule has 3 rings (SSSR count). The van der Waals surface area contributed by atoms with Crippen molar-refractivity contribution in [3.8, 4) is 17.6 Å². The number of carbonyl (C=O) groups is 1. The Balaban J connectivity index is 1.86. The number of nitrogens with one attached hydrogen (secondary N) is 1. The first-order valence-electron chi connectivity index (χ1n) is 9.55. The lowest BCUT2D eigenvalue weighted by Crippen LogP contribution is -2.43. The van der Waals surface area contributed by atoms with E-state index in [1.807, 2.05) is 6.07 Å². The second-order valence-corrected chi connectivity index (χ2v) is 7.47. The molecule has 0 saturated carbocycles. The van der Waals surface area contributed by atoms with Gasteiger partial charge in [0, 0.05) is 10.0 Å². The van der Waals surface area contributed by atoms with Gasteiger partial charge in [0.05, 0.1) is 13.3 Å². The predicted octanol–water partition coefficient (Wildman–Crippen LogP) is 3.75. The first-order valence-corrected chi connectivity index (χ1v) is 10.3. The van der Waals surface area contributed by atoms with Crippen molar-refractivity contribution in [2.75, 3.05) is 13.7 Å². The number of rotatable bonds is 8. The average molecular weight is 494 g/mol. The summed E-state index contributed by atoms with van der Waals surface area (Å²) in [4.78, 5) is 13.1. The minimum absolute atomic E-state index is 0.121. The van der Waals surface area contributed by atoms with Crippen LogP contribution in [0, 0.1) is 11.3 Å². The molecule has 162 valence electrons. The number of benzene rings is 3. The van der Waals surface area contributed by atoms with Crippen LogP contribution in [0.25, 0.3) is 0 Å². The molecule has 0 radical (unpaired) electrons. The van der Waals surface area contributed by atoms with Gasteiger partial charge in [-0.05, 0) is 39.2 Å². The molecule has 0 spiro atoms. The molecule has 0 aromatic heterocycles. The molecule has 3 aromatic carbocycles. The quantitative estimate of drug-likeness (QED) is 0.367. The van der Waals surface area contributed by atoms with Crippen LogP contribution in [0.3, 0.4) is 0 Å². The molecular formula is C24H20BrN3O4. The molecule has 3 aromatic rings. The van der Waals surface area contributed by atoms with E-state index in [2.05, 4.69) is 26.5 Å². The Labute approximate surface area is 194 Å². The summed E-state index contributed by atoms with van der Waals surface area (Å²) in [6.07, 6.45) is 1.41. The number of hydrogen-bond donors (Lipinski definition) is 2. The Kier molecular flexibility index (Phi) is 7.60. The lowest BCUT2D eigenvalue weighted by Gasteiger charge is -2.27. The number of nitrogens with zero attached hydrogens (tertiary/aromatic N) is 2. The fraction of sp³-hybridized carbons (Fsp3) is 0.125. The van der Waals surface area contributed by atoms with E-state index in [9.17, 15) is 9.90 Å². The third-order valence-corrected chi connectivity index (χ3v) is 5.34. The summed E-state index contributed by atoms with van der Waals surface area (Å²) in [5.41, 5.74) is 1.93. The summed E-state index contributed by atoms with van der Waals surface area (Å²) < 4.78 is 11.2. The Hall–Kier alpha value is -3.67. The molecule has 0 aliphatic rings. The van der Waals surface area contributed by atoms with Gasteiger partial charge in [-0.15, -0.1) is 0 Å². The number of ether oxygens (including phenoxy) is 2. The van der Waals surface area contributed by atoms with Gasteiger partial charge in [0.2, 0.25) is 0 Å². The van der Waals surface area contributed by atoms with E-state index >= 15 is 0 Å². The SMILES string of the molecule is COc1cc(/C=N\NC(=O)C(O)(c2ccccc2)c2ccccc2)c(Br)cc1OCC#N. The normalized spacial score (nSPS) is 11.1. The van der Waals surface area contributed by atoms with Crippen molar-refractivity contribution in [2.45, 2.75) is 5.60 Å². The first-order chi connectivity index (χ1) is 15.5. The molecule has 0 heterocycles. The van der Waals surface area contributed by atoms with Gasteiger partial charge in [-0.25, -0.2) is 5.43 Å². The third-order valence-electron chi connectivity index (χ3n) is 4.66. The van der Waals surface area contributed by atoms with Crippen molar-refractivity contribution >= 4 is 28.1 Å². The van der Waals surface area contributed by atoms with Crippen LogP contribution < -0.4 is 14.9 Å². The fourth-order valence-electron chi connectivity index (χ4n) is 3.06. The number of methoxy groups -OCH3 is 1. The molecule has 0 atom stereocenters. The smallest absolute Gasteiger partial charge is 0.281 e. The fourth-order valence-corrected chi connectivity index (χ4v) is 3.49. The zero-order valence-corrected chi connectivity index (χ0v) is 18.7. The first kappa shape index (κ1) is 23.0. The van der Waals surface area contributed by atoms with Crippen molar-refractivity contribution in [3.05, 3.63) is 94.0 Å². The van der Waals surface area contributed by atoms with Gasteiger partial charge in [0.1, 0.15) is 6.07 Å². The molecule has 0 bridgehead atoms. The maximum absolute atomic E-state index is 13.1. The van der Waals surface area contributed by atoms with Gasteiger partial charge in [-0.1, -0.05) is 60.7 Å². The monoisotopic (exact) mass is 493 g/mol. The highest BCUT2D eigenvalue weighted by molar-refractivity contribution is 9.10. The van der Waals surface area contributed by atoms with Crippen LogP contribution in [-0.2, 0) is 10.4 Å². The maximum Gasteiger partial charge on any atom is 0.281 e. The molecule has 0 aliphatic heterocycles. The largest absolute Gasteiger partial charge is 0.493 e. The molecule has 1 amide bonds. The summed E-state index contributed by atoms with van der Waals surface area (Å²) in [7, 11) is 1.48. The lowest BCUT2D eigenvalue weighted by atomic mass is 9.85. The van der Waals surface area contributed by atoms with E-state index in [0.717, 1.165) is 0 Å². The Bertz CT molecular complexity index is 1110. The minimum Gasteiger partial charge on any atom is -0.493 e. The number of nitriles is 1. The average Bonchev–Trinajstić information content (AvgIpc) is 2.84. The van der Waals surface area contributed by atoms with Crippen molar-refractivity contribution in [1.29, 1.82) is 5.26 Å². The van der Waals surface area contributed by atoms with Gasteiger partial charge < -0.3 is 14.6 Å². The van der Waals surface area contributed by atoms with E-state index < -0.39 is 11.5 Å². The van der Waals surface area contributed by atoms with Crippen molar-refractivity contribution in [3.63, 3.8) is 0 Å². The lowest BCUT2D eigenvalue weighted by molar-refractivity contribution is -0.136. The highest BCUT2D eigenvalue weighted by Crippen LogP contribution is 2.33. The minimum atomic E-state index is -1.93. The van der Waals surface area contributed by atoms with E-state index in [4.69, 9.17) is 14.7 Å². The number of amides is 1. The molecule has 8 heteroatoms. The second kappa shape index (κ2) is 10.6. The molecule has 0 saturated heterocycles. The number of aliphatic hydroxyl groups is 1. The third kappa shape index (κ3) is 4.97. The summed E-state index contributed by atoms with van der Waals surface area (Å²) >= 11 is 3.41. The molecule has 0 unspecified atom stereocenters. The maximum atomic E-state index is 13.1. The van der Waals surface area contributed by atoms with Crippen LogP contribution in [0.1, 0.15) is 16.7 Å². The predicted molar refractivity (Wildman–Crippen MR) is 123 cm³/mol. The Morgan fingerprint density at radius 1 is 1.12 bits per heavy atom. The van der Waals surface area contributed by atoms with Crippen molar-refractivity contribution in [1.82, 2.24) is 5.43 Å².